The fourth-order valence-corrected chi connectivity index (χ4v) is 6.18. The first kappa shape index (κ1) is 19.2. The molecular formula is C27H26N2O3. The van der Waals surface area contributed by atoms with Crippen LogP contribution in [0.2, 0.25) is 0 Å². The van der Waals surface area contributed by atoms with Crippen LogP contribution in [0.15, 0.2) is 60.7 Å². The van der Waals surface area contributed by atoms with Gasteiger partial charge in [0.2, 0.25) is 5.91 Å². The van der Waals surface area contributed by atoms with E-state index >= 15 is 0 Å². The minimum Gasteiger partial charge on any atom is -0.493 e. The molecule has 3 heterocycles. The summed E-state index contributed by atoms with van der Waals surface area (Å²) in [5, 5.41) is 0. The Labute approximate surface area is 188 Å². The smallest absolute Gasteiger partial charge is 0.240 e. The quantitative estimate of drug-likeness (QED) is 0.614. The third kappa shape index (κ3) is 2.31. The van der Waals surface area contributed by atoms with Crippen molar-refractivity contribution in [3.8, 4) is 11.5 Å². The van der Waals surface area contributed by atoms with E-state index in [2.05, 4.69) is 59.5 Å². The number of para-hydroxylation sites is 2. The predicted molar refractivity (Wildman–Crippen MR) is 125 cm³/mol. The Morgan fingerprint density at radius 3 is 2.38 bits per heavy atom. The summed E-state index contributed by atoms with van der Waals surface area (Å²) in [6, 6.07) is 20.9. The average Bonchev–Trinajstić information content (AvgIpc) is 3.05. The summed E-state index contributed by atoms with van der Waals surface area (Å²) in [5.74, 6) is 1.60. The Kier molecular flexibility index (Phi) is 4.06. The maximum absolute atomic E-state index is 14.1. The van der Waals surface area contributed by atoms with Crippen molar-refractivity contribution in [3.63, 3.8) is 0 Å². The molecule has 32 heavy (non-hydrogen) atoms. The van der Waals surface area contributed by atoms with Gasteiger partial charge in [-0.3, -0.25) is 4.79 Å². The molecule has 2 atom stereocenters. The molecule has 6 rings (SSSR count). The summed E-state index contributed by atoms with van der Waals surface area (Å²) < 4.78 is 11.3. The van der Waals surface area contributed by atoms with Crippen molar-refractivity contribution < 1.29 is 14.3 Å². The topological polar surface area (TPSA) is 42.0 Å². The van der Waals surface area contributed by atoms with Crippen LogP contribution >= 0.6 is 0 Å². The molecule has 1 amide bonds. The molecule has 162 valence electrons. The number of carbonyl (C=O) groups is 1. The molecule has 1 spiro atoms. The molecule has 5 nitrogen and oxygen atoms in total. The van der Waals surface area contributed by atoms with Crippen LogP contribution < -0.4 is 19.3 Å². The number of anilines is 2. The van der Waals surface area contributed by atoms with Gasteiger partial charge in [-0.1, -0.05) is 36.4 Å². The summed E-state index contributed by atoms with van der Waals surface area (Å²) in [5.41, 5.74) is 6.26. The second-order valence-electron chi connectivity index (χ2n) is 8.91. The lowest BCUT2D eigenvalue weighted by atomic mass is 9.63. The van der Waals surface area contributed by atoms with Crippen molar-refractivity contribution >= 4 is 17.3 Å². The first-order chi connectivity index (χ1) is 15.6. The predicted octanol–water partition coefficient (Wildman–Crippen LogP) is 4.28. The number of nitrogens with zero attached hydrogens (tertiary/aromatic N) is 2. The van der Waals surface area contributed by atoms with Crippen molar-refractivity contribution in [3.05, 3.63) is 82.9 Å². The van der Waals surface area contributed by atoms with Crippen molar-refractivity contribution in [2.24, 2.45) is 0 Å². The standard InChI is InChI=1S/C27H26N2O3/c1-28-22-11-7-5-9-20(22)27(26(28)30)16-18-8-4-6-10-21(18)29-13-12-17-14-23(31-2)24(32-3)15-19(17)25(27)29/h4-11,14-15,25H,12-13,16H2,1-3H3/t25-,27-/m0/s1. The molecule has 0 saturated carbocycles. The SMILES string of the molecule is COc1cc2c(cc1OC)[C@@H]1N(CC2)c2ccccc2C[C@@]12C(=O)N(C)c1ccccc12. The number of likely N-dealkylation sites (N-methyl/N-ethyl adjacent to an activating group) is 1. The summed E-state index contributed by atoms with van der Waals surface area (Å²) in [7, 11) is 5.24. The Morgan fingerprint density at radius 2 is 1.59 bits per heavy atom. The van der Waals surface area contributed by atoms with Crippen LogP contribution in [0.25, 0.3) is 0 Å². The molecule has 0 aliphatic carbocycles. The lowest BCUT2D eigenvalue weighted by Gasteiger charge is -2.52. The van der Waals surface area contributed by atoms with E-state index in [0.717, 1.165) is 35.5 Å². The fraction of sp³-hybridized carbons (Fsp3) is 0.296. The Balaban J connectivity index is 1.67. The number of hydrogen-bond acceptors (Lipinski definition) is 4. The molecule has 3 aromatic rings. The highest BCUT2D eigenvalue weighted by Gasteiger charge is 2.60. The zero-order valence-electron chi connectivity index (χ0n) is 18.6. The minimum atomic E-state index is -0.686. The van der Waals surface area contributed by atoms with Gasteiger partial charge in [-0.25, -0.2) is 0 Å². The van der Waals surface area contributed by atoms with E-state index in [1.54, 1.807) is 14.2 Å². The molecule has 0 radical (unpaired) electrons. The molecule has 5 heteroatoms. The number of amides is 1. The molecule has 0 aromatic heterocycles. The highest BCUT2D eigenvalue weighted by Crippen LogP contribution is 2.58. The maximum Gasteiger partial charge on any atom is 0.240 e. The van der Waals surface area contributed by atoms with E-state index < -0.39 is 5.41 Å². The van der Waals surface area contributed by atoms with Crippen LogP contribution in [0.1, 0.15) is 28.3 Å². The van der Waals surface area contributed by atoms with E-state index in [9.17, 15) is 4.79 Å². The Bertz CT molecular complexity index is 1250. The number of benzene rings is 3. The normalized spacial score (nSPS) is 22.8. The summed E-state index contributed by atoms with van der Waals surface area (Å²) >= 11 is 0. The lowest BCUT2D eigenvalue weighted by molar-refractivity contribution is -0.124. The maximum atomic E-state index is 14.1. The molecule has 0 unspecified atom stereocenters. The zero-order chi connectivity index (χ0) is 22.0. The average molecular weight is 427 g/mol. The van der Waals surface area contributed by atoms with Gasteiger partial charge in [-0.05, 0) is 59.4 Å². The van der Waals surface area contributed by atoms with E-state index in [4.69, 9.17) is 9.47 Å². The lowest BCUT2D eigenvalue weighted by Crippen LogP contribution is -2.56. The molecule has 3 aromatic carbocycles. The van der Waals surface area contributed by atoms with Gasteiger partial charge in [0.25, 0.3) is 0 Å². The summed E-state index contributed by atoms with van der Waals surface area (Å²) in [4.78, 5) is 18.4. The van der Waals surface area contributed by atoms with E-state index in [1.165, 1.54) is 16.8 Å². The number of hydrogen-bond donors (Lipinski definition) is 0. The van der Waals surface area contributed by atoms with Crippen molar-refractivity contribution in [1.82, 2.24) is 0 Å². The highest BCUT2D eigenvalue weighted by molar-refractivity contribution is 6.09. The van der Waals surface area contributed by atoms with Gasteiger partial charge >= 0.3 is 0 Å². The van der Waals surface area contributed by atoms with Gasteiger partial charge in [0, 0.05) is 25.0 Å². The van der Waals surface area contributed by atoms with Crippen LogP contribution in [0.3, 0.4) is 0 Å². The van der Waals surface area contributed by atoms with Crippen LogP contribution in [0.5, 0.6) is 11.5 Å². The third-order valence-electron chi connectivity index (χ3n) is 7.54. The van der Waals surface area contributed by atoms with Crippen LogP contribution in [-0.2, 0) is 23.1 Å². The van der Waals surface area contributed by atoms with Gasteiger partial charge < -0.3 is 19.3 Å². The first-order valence-corrected chi connectivity index (χ1v) is 11.1. The van der Waals surface area contributed by atoms with Gasteiger partial charge in [0.05, 0.1) is 20.3 Å². The third-order valence-corrected chi connectivity index (χ3v) is 7.54. The molecular weight excluding hydrogens is 400 g/mol. The van der Waals surface area contributed by atoms with Gasteiger partial charge in [-0.2, -0.15) is 0 Å². The second kappa shape index (κ2) is 6.76. The summed E-state index contributed by atoms with van der Waals surface area (Å²) in [6.07, 6.45) is 1.57. The number of rotatable bonds is 2. The van der Waals surface area contributed by atoms with E-state index in [0.29, 0.717) is 12.2 Å². The first-order valence-electron chi connectivity index (χ1n) is 11.1. The summed E-state index contributed by atoms with van der Waals surface area (Å²) in [6.45, 7) is 0.852. The number of carbonyl (C=O) groups excluding carboxylic acids is 1. The zero-order valence-corrected chi connectivity index (χ0v) is 18.6. The molecule has 3 aliphatic heterocycles. The number of methoxy groups -OCH3 is 2. The minimum absolute atomic E-state index is 0.112. The van der Waals surface area contributed by atoms with Crippen LogP contribution in [-0.4, -0.2) is 33.7 Å². The van der Waals surface area contributed by atoms with E-state index in [-0.39, 0.29) is 11.9 Å². The molecule has 0 fully saturated rings. The molecule has 0 N–H and O–H groups in total. The van der Waals surface area contributed by atoms with Gasteiger partial charge in [0.15, 0.2) is 11.5 Å². The monoisotopic (exact) mass is 426 g/mol. The van der Waals surface area contributed by atoms with E-state index in [1.807, 2.05) is 18.0 Å². The second-order valence-corrected chi connectivity index (χ2v) is 8.91. The molecule has 0 bridgehead atoms. The van der Waals surface area contributed by atoms with Crippen LogP contribution in [0, 0.1) is 0 Å². The number of fused-ring (bicyclic) bond motifs is 8. The van der Waals surface area contributed by atoms with Crippen molar-refractivity contribution in [2.45, 2.75) is 24.3 Å². The molecule has 3 aliphatic rings. The fourth-order valence-electron chi connectivity index (χ4n) is 6.18. The Morgan fingerprint density at radius 1 is 0.906 bits per heavy atom. The highest BCUT2D eigenvalue weighted by atomic mass is 16.5. The largest absolute Gasteiger partial charge is 0.493 e. The van der Waals surface area contributed by atoms with Gasteiger partial charge in [-0.15, -0.1) is 0 Å². The van der Waals surface area contributed by atoms with Gasteiger partial charge in [0.1, 0.15) is 5.41 Å². The number of ether oxygens (including phenoxy) is 2. The molecule has 0 saturated heterocycles. The Hall–Kier alpha value is -3.47. The van der Waals surface area contributed by atoms with Crippen LogP contribution in [0.4, 0.5) is 11.4 Å². The van der Waals surface area contributed by atoms with Crippen molar-refractivity contribution in [2.75, 3.05) is 37.6 Å². The van der Waals surface area contributed by atoms with Crippen molar-refractivity contribution in [1.29, 1.82) is 0 Å².